The maximum Gasteiger partial charge on any atom is 0.122 e. The Morgan fingerprint density at radius 3 is 2.65 bits per heavy atom. The number of benzene rings is 1. The first-order valence-electron chi connectivity index (χ1n) is 5.89. The highest BCUT2D eigenvalue weighted by Gasteiger charge is 2.50. The van der Waals surface area contributed by atoms with E-state index < -0.39 is 0 Å². The minimum absolute atomic E-state index is 0.0987. The molecule has 0 unspecified atom stereocenters. The van der Waals surface area contributed by atoms with Gasteiger partial charge in [0.25, 0.3) is 0 Å². The quantitative estimate of drug-likeness (QED) is 0.892. The van der Waals surface area contributed by atoms with Crippen LogP contribution in [-0.2, 0) is 10.2 Å². The van der Waals surface area contributed by atoms with Gasteiger partial charge in [0, 0.05) is 23.7 Å². The van der Waals surface area contributed by atoms with Crippen LogP contribution in [0.5, 0.6) is 5.75 Å². The minimum atomic E-state index is 0.0987. The number of halogens is 1. The van der Waals surface area contributed by atoms with Gasteiger partial charge in [0.2, 0.25) is 0 Å². The first-order chi connectivity index (χ1) is 8.26. The van der Waals surface area contributed by atoms with Crippen molar-refractivity contribution in [1.29, 1.82) is 0 Å². The molecule has 1 aromatic rings. The van der Waals surface area contributed by atoms with Gasteiger partial charge in [-0.3, -0.25) is 0 Å². The van der Waals surface area contributed by atoms with Gasteiger partial charge in [-0.25, -0.2) is 0 Å². The zero-order chi connectivity index (χ0) is 11.9. The van der Waals surface area contributed by atoms with E-state index in [1.165, 1.54) is 5.56 Å². The van der Waals surface area contributed by atoms with Crippen LogP contribution in [0.1, 0.15) is 5.56 Å². The third-order valence-electron chi connectivity index (χ3n) is 3.98. The van der Waals surface area contributed by atoms with Crippen LogP contribution >= 0.6 is 11.6 Å². The molecule has 17 heavy (non-hydrogen) atoms. The van der Waals surface area contributed by atoms with Crippen molar-refractivity contribution in [3.05, 3.63) is 28.8 Å². The fraction of sp³-hybridized carbons (Fsp3) is 0.538. The van der Waals surface area contributed by atoms with Crippen LogP contribution in [0.15, 0.2) is 18.2 Å². The van der Waals surface area contributed by atoms with Crippen molar-refractivity contribution in [1.82, 2.24) is 5.32 Å². The van der Waals surface area contributed by atoms with E-state index in [-0.39, 0.29) is 5.41 Å². The van der Waals surface area contributed by atoms with Crippen molar-refractivity contribution in [3.8, 4) is 5.75 Å². The highest BCUT2D eigenvalue weighted by Crippen LogP contribution is 2.45. The third kappa shape index (κ3) is 1.65. The molecule has 2 aliphatic rings. The molecule has 0 atom stereocenters. The van der Waals surface area contributed by atoms with Crippen LogP contribution in [0.2, 0.25) is 5.02 Å². The monoisotopic (exact) mass is 253 g/mol. The van der Waals surface area contributed by atoms with E-state index in [1.54, 1.807) is 7.11 Å². The Hall–Kier alpha value is -0.770. The highest BCUT2D eigenvalue weighted by molar-refractivity contribution is 6.30. The molecule has 0 saturated carbocycles. The summed E-state index contributed by atoms with van der Waals surface area (Å²) in [6, 6.07) is 5.85. The van der Waals surface area contributed by atoms with Gasteiger partial charge in [-0.15, -0.1) is 0 Å². The predicted molar refractivity (Wildman–Crippen MR) is 66.9 cm³/mol. The van der Waals surface area contributed by atoms with Crippen LogP contribution < -0.4 is 10.1 Å². The second-order valence-electron chi connectivity index (χ2n) is 4.85. The summed E-state index contributed by atoms with van der Waals surface area (Å²) < 4.78 is 10.9. The Labute approximate surface area is 106 Å². The molecule has 2 aliphatic heterocycles. The van der Waals surface area contributed by atoms with Crippen LogP contribution in [0.4, 0.5) is 0 Å². The van der Waals surface area contributed by atoms with E-state index in [2.05, 4.69) is 5.32 Å². The lowest BCUT2D eigenvalue weighted by atomic mass is 9.66. The Kier molecular flexibility index (Phi) is 2.77. The Bertz CT molecular complexity index is 427. The van der Waals surface area contributed by atoms with Crippen LogP contribution in [0, 0.1) is 5.92 Å². The molecule has 2 fully saturated rings. The van der Waals surface area contributed by atoms with Crippen LogP contribution in [0.25, 0.3) is 0 Å². The van der Waals surface area contributed by atoms with Gasteiger partial charge in [0.15, 0.2) is 0 Å². The molecule has 1 aromatic carbocycles. The molecule has 0 radical (unpaired) electrons. The maximum atomic E-state index is 6.11. The van der Waals surface area contributed by atoms with Crippen LogP contribution in [-0.4, -0.2) is 33.4 Å². The van der Waals surface area contributed by atoms with E-state index in [0.29, 0.717) is 5.92 Å². The summed E-state index contributed by atoms with van der Waals surface area (Å²) in [5.41, 5.74) is 1.30. The van der Waals surface area contributed by atoms with E-state index in [4.69, 9.17) is 21.1 Å². The maximum absolute atomic E-state index is 6.11. The topological polar surface area (TPSA) is 30.5 Å². The minimum Gasteiger partial charge on any atom is -0.496 e. The number of nitrogens with one attached hydrogen (secondary N) is 1. The lowest BCUT2D eigenvalue weighted by molar-refractivity contribution is -0.102. The zero-order valence-electron chi connectivity index (χ0n) is 9.83. The zero-order valence-corrected chi connectivity index (χ0v) is 10.6. The first-order valence-corrected chi connectivity index (χ1v) is 6.26. The smallest absolute Gasteiger partial charge is 0.122 e. The average Bonchev–Trinajstić information content (AvgIpc) is 2.20. The van der Waals surface area contributed by atoms with Gasteiger partial charge in [-0.05, 0) is 24.1 Å². The van der Waals surface area contributed by atoms with Crippen LogP contribution in [0.3, 0.4) is 0 Å². The van der Waals surface area contributed by atoms with Gasteiger partial charge >= 0.3 is 0 Å². The van der Waals surface area contributed by atoms with Gasteiger partial charge < -0.3 is 14.8 Å². The van der Waals surface area contributed by atoms with E-state index in [9.17, 15) is 0 Å². The van der Waals surface area contributed by atoms with Gasteiger partial charge in [0.05, 0.1) is 25.7 Å². The molecule has 2 saturated heterocycles. The second kappa shape index (κ2) is 4.16. The molecule has 3 rings (SSSR count). The van der Waals surface area contributed by atoms with E-state index >= 15 is 0 Å². The van der Waals surface area contributed by atoms with E-state index in [0.717, 1.165) is 37.1 Å². The summed E-state index contributed by atoms with van der Waals surface area (Å²) in [5.74, 6) is 1.55. The molecule has 0 spiro atoms. The number of ether oxygens (including phenoxy) is 2. The number of hydrogen-bond acceptors (Lipinski definition) is 3. The lowest BCUT2D eigenvalue weighted by Crippen LogP contribution is -2.62. The van der Waals surface area contributed by atoms with Crippen molar-refractivity contribution >= 4 is 11.6 Å². The third-order valence-corrected chi connectivity index (χ3v) is 4.22. The predicted octanol–water partition coefficient (Wildman–Crippen LogP) is 1.84. The van der Waals surface area contributed by atoms with Gasteiger partial charge in [0.1, 0.15) is 5.75 Å². The van der Waals surface area contributed by atoms with Crippen molar-refractivity contribution < 1.29 is 9.47 Å². The van der Waals surface area contributed by atoms with Crippen molar-refractivity contribution in [3.63, 3.8) is 0 Å². The SMILES string of the molecule is COc1ccc(Cl)cc1C1(C2CNC2)COC1. The van der Waals surface area contributed by atoms with E-state index in [1.807, 2.05) is 18.2 Å². The summed E-state index contributed by atoms with van der Waals surface area (Å²) in [6.45, 7) is 3.66. The first kappa shape index (κ1) is 11.3. The molecule has 0 aromatic heterocycles. The summed E-state index contributed by atoms with van der Waals surface area (Å²) in [4.78, 5) is 0. The largest absolute Gasteiger partial charge is 0.496 e. The molecule has 0 amide bonds. The number of methoxy groups -OCH3 is 1. The normalized spacial score (nSPS) is 22.7. The molecular weight excluding hydrogens is 238 g/mol. The van der Waals surface area contributed by atoms with Crippen molar-refractivity contribution in [2.75, 3.05) is 33.4 Å². The molecule has 0 bridgehead atoms. The molecule has 2 heterocycles. The molecule has 0 aliphatic carbocycles. The Morgan fingerprint density at radius 2 is 2.18 bits per heavy atom. The number of rotatable bonds is 3. The average molecular weight is 254 g/mol. The summed E-state index contributed by atoms with van der Waals surface area (Å²) >= 11 is 6.11. The summed E-state index contributed by atoms with van der Waals surface area (Å²) in [6.07, 6.45) is 0. The molecule has 3 nitrogen and oxygen atoms in total. The standard InChI is InChI=1S/C13H16ClNO2/c1-16-12-3-2-10(14)4-11(12)13(7-17-8-13)9-5-15-6-9/h2-4,9,15H,5-8H2,1H3. The van der Waals surface area contributed by atoms with Gasteiger partial charge in [-0.2, -0.15) is 0 Å². The molecule has 4 heteroatoms. The van der Waals surface area contributed by atoms with Crippen molar-refractivity contribution in [2.24, 2.45) is 5.92 Å². The highest BCUT2D eigenvalue weighted by atomic mass is 35.5. The molecular formula is C13H16ClNO2. The summed E-state index contributed by atoms with van der Waals surface area (Å²) in [5, 5.41) is 4.09. The molecule has 92 valence electrons. The fourth-order valence-electron chi connectivity index (χ4n) is 2.68. The lowest BCUT2D eigenvalue weighted by Gasteiger charge is -2.51. The summed E-state index contributed by atoms with van der Waals surface area (Å²) in [7, 11) is 1.71. The number of hydrogen-bond donors (Lipinski definition) is 1. The Morgan fingerprint density at radius 1 is 1.41 bits per heavy atom. The van der Waals surface area contributed by atoms with Gasteiger partial charge in [-0.1, -0.05) is 11.6 Å². The van der Waals surface area contributed by atoms with Crippen molar-refractivity contribution in [2.45, 2.75) is 5.41 Å². The second-order valence-corrected chi connectivity index (χ2v) is 5.29. The fourth-order valence-corrected chi connectivity index (χ4v) is 2.85. The Balaban J connectivity index is 2.03. The molecule has 1 N–H and O–H groups in total.